The predicted molar refractivity (Wildman–Crippen MR) is 98.6 cm³/mol. The van der Waals surface area contributed by atoms with E-state index < -0.39 is 30.3 Å². The molecule has 0 saturated heterocycles. The second-order valence-corrected chi connectivity index (χ2v) is 5.84. The Kier molecular flexibility index (Phi) is 14.9. The van der Waals surface area contributed by atoms with Gasteiger partial charge in [-0.3, -0.25) is 9.59 Å². The lowest BCUT2D eigenvalue weighted by Gasteiger charge is -2.17. The summed E-state index contributed by atoms with van der Waals surface area (Å²) in [5, 5.41) is 19.7. The number of carboxylic acids is 2. The van der Waals surface area contributed by atoms with Crippen LogP contribution in [0.1, 0.15) is 25.5 Å². The van der Waals surface area contributed by atoms with E-state index in [4.69, 9.17) is 25.5 Å². The minimum Gasteiger partial charge on any atom is -0.475 e. The summed E-state index contributed by atoms with van der Waals surface area (Å²) in [7, 11) is 0. The van der Waals surface area contributed by atoms with Crippen molar-refractivity contribution in [1.82, 2.24) is 20.6 Å². The summed E-state index contributed by atoms with van der Waals surface area (Å²) in [4.78, 5) is 48.1. The van der Waals surface area contributed by atoms with Gasteiger partial charge in [-0.25, -0.2) is 14.6 Å². The molecule has 0 saturated carbocycles. The maximum Gasteiger partial charge on any atom is 0.490 e. The molecule has 0 fully saturated rings. The summed E-state index contributed by atoms with van der Waals surface area (Å²) >= 11 is 0. The van der Waals surface area contributed by atoms with Gasteiger partial charge in [-0.15, -0.1) is 0 Å². The molecular weight excluding hydrogens is 472 g/mol. The third-order valence-electron chi connectivity index (χ3n) is 3.04. The molecule has 0 aliphatic heterocycles. The van der Waals surface area contributed by atoms with Gasteiger partial charge < -0.3 is 31.6 Å². The maximum atomic E-state index is 12.0. The molecule has 1 aromatic heterocycles. The minimum atomic E-state index is -5.08. The number of hydrogen-bond donors (Lipinski definition) is 6. The first kappa shape index (κ1) is 31.8. The van der Waals surface area contributed by atoms with Gasteiger partial charge in [0.2, 0.25) is 11.8 Å². The Labute approximate surface area is 182 Å². The number of nitrogens with zero attached hydrogens (tertiary/aromatic N) is 1. The third kappa shape index (κ3) is 16.9. The zero-order chi connectivity index (χ0) is 26.2. The Balaban J connectivity index is 0. The van der Waals surface area contributed by atoms with E-state index in [0.29, 0.717) is 13.0 Å². The van der Waals surface area contributed by atoms with E-state index in [1.54, 1.807) is 6.20 Å². The second kappa shape index (κ2) is 15.4. The monoisotopic (exact) mass is 495 g/mol. The molecule has 1 heterocycles. The van der Waals surface area contributed by atoms with Gasteiger partial charge >= 0.3 is 24.3 Å². The molecule has 0 aliphatic carbocycles. The molecule has 0 radical (unpaired) electrons. The number of carboxylic acid groups (broad SMARTS) is 2. The van der Waals surface area contributed by atoms with Crippen LogP contribution in [-0.2, 0) is 25.6 Å². The summed E-state index contributed by atoms with van der Waals surface area (Å²) in [6.07, 6.45) is -5.56. The Hall–Kier alpha value is -3.37. The highest BCUT2D eigenvalue weighted by Gasteiger charge is 2.38. The first-order valence-corrected chi connectivity index (χ1v) is 8.90. The Morgan fingerprint density at radius 1 is 1.09 bits per heavy atom. The number of nitrogens with one attached hydrogen (secondary N) is 3. The smallest absolute Gasteiger partial charge is 0.475 e. The Morgan fingerprint density at radius 3 is 1.91 bits per heavy atom. The fraction of sp³-hybridized carbons (Fsp3) is 0.562. The number of amides is 2. The van der Waals surface area contributed by atoms with Crippen molar-refractivity contribution >= 4 is 23.8 Å². The zero-order valence-electron chi connectivity index (χ0n) is 17.1. The fourth-order valence-electron chi connectivity index (χ4n) is 1.59. The van der Waals surface area contributed by atoms with E-state index in [2.05, 4.69) is 20.6 Å². The van der Waals surface area contributed by atoms with Gasteiger partial charge in [0.25, 0.3) is 0 Å². The van der Waals surface area contributed by atoms with Gasteiger partial charge in [0.1, 0.15) is 6.04 Å². The number of hydrogen-bond acceptors (Lipinski definition) is 6. The van der Waals surface area contributed by atoms with Crippen molar-refractivity contribution in [2.75, 3.05) is 13.1 Å². The quantitative estimate of drug-likeness (QED) is 0.283. The average Bonchev–Trinajstić information content (AvgIpc) is 3.18. The molecule has 2 amide bonds. The number of carbonyl (C=O) groups excluding carboxylic acids is 2. The third-order valence-corrected chi connectivity index (χ3v) is 3.04. The van der Waals surface area contributed by atoms with Crippen molar-refractivity contribution in [1.29, 1.82) is 0 Å². The molecule has 0 bridgehead atoms. The van der Waals surface area contributed by atoms with Crippen LogP contribution < -0.4 is 16.4 Å². The summed E-state index contributed by atoms with van der Waals surface area (Å²) in [5.74, 6) is -5.93. The lowest BCUT2D eigenvalue weighted by atomic mass is 10.1. The van der Waals surface area contributed by atoms with Gasteiger partial charge in [0.15, 0.2) is 0 Å². The molecule has 17 heteroatoms. The normalized spacial score (nSPS) is 11.6. The van der Waals surface area contributed by atoms with Gasteiger partial charge in [0, 0.05) is 37.8 Å². The molecule has 1 atom stereocenters. The largest absolute Gasteiger partial charge is 0.490 e. The second-order valence-electron chi connectivity index (χ2n) is 5.84. The van der Waals surface area contributed by atoms with Crippen molar-refractivity contribution < 1.29 is 55.7 Å². The lowest BCUT2D eigenvalue weighted by molar-refractivity contribution is -0.193. The standard InChI is InChI=1S/C12H21N5O2.2C2HF3O2/c1-2-5-15-12(19)10(17-11(18)3-4-13)6-9-7-14-8-16-9;2*3-2(4,5)1(6)7/h7-8,10H,2-6,13H2,1H3,(H,14,16)(H,15,19)(H,17,18);2*(H,6,7)/t10-;;/m0../s1. The van der Waals surface area contributed by atoms with E-state index in [9.17, 15) is 35.9 Å². The number of H-pyrrole nitrogens is 1. The molecule has 0 aliphatic rings. The lowest BCUT2D eigenvalue weighted by Crippen LogP contribution is -2.48. The molecule has 1 aromatic rings. The van der Waals surface area contributed by atoms with E-state index in [-0.39, 0.29) is 24.8 Å². The number of aromatic amines is 1. The zero-order valence-corrected chi connectivity index (χ0v) is 17.1. The summed E-state index contributed by atoms with van der Waals surface area (Å²) < 4.78 is 63.5. The van der Waals surface area contributed by atoms with Crippen LogP contribution >= 0.6 is 0 Å². The number of imidazole rings is 1. The van der Waals surface area contributed by atoms with Crippen molar-refractivity contribution in [2.24, 2.45) is 5.73 Å². The molecule has 11 nitrogen and oxygen atoms in total. The fourth-order valence-corrected chi connectivity index (χ4v) is 1.59. The van der Waals surface area contributed by atoms with Crippen LogP contribution in [0.25, 0.3) is 0 Å². The average molecular weight is 495 g/mol. The molecule has 1 rings (SSSR count). The van der Waals surface area contributed by atoms with E-state index in [1.807, 2.05) is 6.92 Å². The van der Waals surface area contributed by atoms with E-state index >= 15 is 0 Å². The molecule has 33 heavy (non-hydrogen) atoms. The van der Waals surface area contributed by atoms with Crippen LogP contribution in [0.4, 0.5) is 26.3 Å². The molecule has 0 spiro atoms. The van der Waals surface area contributed by atoms with Gasteiger partial charge in [0.05, 0.1) is 6.33 Å². The van der Waals surface area contributed by atoms with Crippen LogP contribution in [0.15, 0.2) is 12.5 Å². The number of rotatable bonds is 8. The number of aromatic nitrogens is 2. The molecule has 190 valence electrons. The van der Waals surface area contributed by atoms with Crippen molar-refractivity contribution in [3.63, 3.8) is 0 Å². The summed E-state index contributed by atoms with van der Waals surface area (Å²) in [6.45, 7) is 2.82. The molecule has 7 N–H and O–H groups in total. The first-order valence-electron chi connectivity index (χ1n) is 8.90. The Bertz CT molecular complexity index is 715. The van der Waals surface area contributed by atoms with Crippen molar-refractivity contribution in [3.05, 3.63) is 18.2 Å². The van der Waals surface area contributed by atoms with Crippen LogP contribution in [0.5, 0.6) is 0 Å². The highest BCUT2D eigenvalue weighted by Crippen LogP contribution is 2.13. The predicted octanol–water partition coefficient (Wildman–Crippen LogP) is 0.579. The highest BCUT2D eigenvalue weighted by molar-refractivity contribution is 5.87. The SMILES string of the molecule is CCCNC(=O)[C@H](Cc1cnc[nH]1)NC(=O)CCN.O=C(O)C(F)(F)F.O=C(O)C(F)(F)F. The number of halogens is 6. The van der Waals surface area contributed by atoms with Crippen LogP contribution in [-0.4, -0.2) is 75.4 Å². The number of nitrogens with two attached hydrogens (primary N) is 1. The summed E-state index contributed by atoms with van der Waals surface area (Å²) in [6, 6.07) is -0.606. The number of alkyl halides is 6. The molecule has 0 unspecified atom stereocenters. The first-order chi connectivity index (χ1) is 15.1. The van der Waals surface area contributed by atoms with Gasteiger partial charge in [-0.05, 0) is 6.42 Å². The van der Waals surface area contributed by atoms with Crippen LogP contribution in [0.3, 0.4) is 0 Å². The van der Waals surface area contributed by atoms with Gasteiger partial charge in [-0.1, -0.05) is 6.92 Å². The van der Waals surface area contributed by atoms with Crippen LogP contribution in [0.2, 0.25) is 0 Å². The van der Waals surface area contributed by atoms with E-state index in [1.165, 1.54) is 6.33 Å². The Morgan fingerprint density at radius 2 is 1.58 bits per heavy atom. The van der Waals surface area contributed by atoms with Crippen molar-refractivity contribution in [2.45, 2.75) is 44.6 Å². The van der Waals surface area contributed by atoms with Crippen molar-refractivity contribution in [3.8, 4) is 0 Å². The summed E-state index contributed by atoms with van der Waals surface area (Å²) in [5.41, 5.74) is 6.12. The topological polar surface area (TPSA) is 187 Å². The van der Waals surface area contributed by atoms with Gasteiger partial charge in [-0.2, -0.15) is 26.3 Å². The van der Waals surface area contributed by atoms with Crippen LogP contribution in [0, 0.1) is 0 Å². The number of aliphatic carboxylic acids is 2. The minimum absolute atomic E-state index is 0.193. The molecular formula is C16H23F6N5O6. The molecule has 0 aromatic carbocycles. The number of carbonyl (C=O) groups is 4. The highest BCUT2D eigenvalue weighted by atomic mass is 19.4. The maximum absolute atomic E-state index is 12.0. The van der Waals surface area contributed by atoms with E-state index in [0.717, 1.165) is 12.1 Å².